The zero-order valence-electron chi connectivity index (χ0n) is 9.50. The van der Waals surface area contributed by atoms with Crippen molar-refractivity contribution in [2.24, 2.45) is 11.1 Å². The third kappa shape index (κ3) is 1.19. The number of hydrogen-bond acceptors (Lipinski definition) is 2. The molecule has 0 aliphatic heterocycles. The van der Waals surface area contributed by atoms with Crippen LogP contribution in [0.1, 0.15) is 31.2 Å². The molecular formula is C14H18N2. The Bertz CT molecular complexity index is 450. The van der Waals surface area contributed by atoms with Crippen LogP contribution >= 0.6 is 0 Å². The molecule has 0 bridgehead atoms. The number of hydrogen-bond donors (Lipinski definition) is 2. The van der Waals surface area contributed by atoms with E-state index < -0.39 is 0 Å². The van der Waals surface area contributed by atoms with E-state index in [1.54, 1.807) is 0 Å². The van der Waals surface area contributed by atoms with E-state index in [0.29, 0.717) is 5.41 Å². The topological polar surface area (TPSA) is 52.0 Å². The largest absolute Gasteiger partial charge is 0.402 e. The summed E-state index contributed by atoms with van der Waals surface area (Å²) in [5.74, 6) is 0. The second-order valence-corrected chi connectivity index (χ2v) is 5.59. The summed E-state index contributed by atoms with van der Waals surface area (Å²) in [4.78, 5) is 0. The summed E-state index contributed by atoms with van der Waals surface area (Å²) >= 11 is 0. The molecule has 0 atom stereocenters. The lowest BCUT2D eigenvalue weighted by molar-refractivity contribution is 0.153. The number of nitrogen functional groups attached to an aromatic ring is 1. The predicted octanol–water partition coefficient (Wildman–Crippen LogP) is 2.55. The molecule has 2 heteroatoms. The Morgan fingerprint density at radius 2 is 1.94 bits per heavy atom. The van der Waals surface area contributed by atoms with Crippen molar-refractivity contribution in [3.05, 3.63) is 42.1 Å². The number of allylic oxidation sites excluding steroid dienone is 1. The summed E-state index contributed by atoms with van der Waals surface area (Å²) in [5, 5.41) is 0. The van der Waals surface area contributed by atoms with Crippen molar-refractivity contribution in [2.75, 3.05) is 5.73 Å². The maximum absolute atomic E-state index is 6.03. The molecule has 2 aliphatic rings. The predicted molar refractivity (Wildman–Crippen MR) is 66.8 cm³/mol. The highest BCUT2D eigenvalue weighted by atomic mass is 14.7. The molecule has 3 rings (SSSR count). The van der Waals surface area contributed by atoms with Crippen molar-refractivity contribution in [3.63, 3.8) is 0 Å². The molecule has 0 radical (unpaired) electrons. The van der Waals surface area contributed by atoms with Crippen LogP contribution in [-0.4, -0.2) is 0 Å². The number of benzene rings is 1. The van der Waals surface area contributed by atoms with Gasteiger partial charge in [-0.2, -0.15) is 0 Å². The molecule has 0 heterocycles. The van der Waals surface area contributed by atoms with Crippen LogP contribution < -0.4 is 11.5 Å². The molecule has 1 aromatic rings. The van der Waals surface area contributed by atoms with Gasteiger partial charge in [-0.25, -0.2) is 0 Å². The first kappa shape index (κ1) is 9.76. The highest BCUT2D eigenvalue weighted by molar-refractivity contribution is 5.49. The molecule has 4 N–H and O–H groups in total. The average molecular weight is 214 g/mol. The first-order chi connectivity index (χ1) is 7.56. The first-order valence-corrected chi connectivity index (χ1v) is 5.87. The van der Waals surface area contributed by atoms with Gasteiger partial charge in [-0.1, -0.05) is 18.7 Å². The summed E-state index contributed by atoms with van der Waals surface area (Å²) in [6.07, 6.45) is 5.06. The van der Waals surface area contributed by atoms with Crippen molar-refractivity contribution in [1.29, 1.82) is 0 Å². The average Bonchev–Trinajstić information content (AvgIpc) is 2.93. The van der Waals surface area contributed by atoms with Crippen molar-refractivity contribution < 1.29 is 0 Å². The van der Waals surface area contributed by atoms with Gasteiger partial charge in [0.05, 0.1) is 0 Å². The Balaban J connectivity index is 1.98. The smallest absolute Gasteiger partial charge is 0.0353 e. The Morgan fingerprint density at radius 3 is 2.44 bits per heavy atom. The SMILES string of the molecule is C=C(N)C1(c2cccc(N)c2)CC2(CC2)C1. The zero-order chi connectivity index (χ0) is 11.4. The fraction of sp³-hybridized carbons (Fsp3) is 0.429. The third-order valence-corrected chi connectivity index (χ3v) is 4.36. The van der Waals surface area contributed by atoms with E-state index in [2.05, 4.69) is 12.6 Å². The van der Waals surface area contributed by atoms with E-state index in [1.807, 2.05) is 18.2 Å². The van der Waals surface area contributed by atoms with Crippen LogP contribution in [0.5, 0.6) is 0 Å². The normalized spacial score (nSPS) is 23.8. The maximum atomic E-state index is 6.03. The molecule has 2 fully saturated rings. The monoisotopic (exact) mass is 214 g/mol. The van der Waals surface area contributed by atoms with E-state index >= 15 is 0 Å². The highest BCUT2D eigenvalue weighted by Crippen LogP contribution is 2.70. The summed E-state index contributed by atoms with van der Waals surface area (Å²) in [5.41, 5.74) is 15.3. The van der Waals surface area contributed by atoms with Gasteiger partial charge >= 0.3 is 0 Å². The molecule has 2 aliphatic carbocycles. The standard InChI is InChI=1S/C14H18N2/c1-10(15)14(8-13(9-14)5-6-13)11-3-2-4-12(16)7-11/h2-4,7H,1,5-6,8-9,15-16H2. The summed E-state index contributed by atoms with van der Waals surface area (Å²) < 4.78 is 0. The molecule has 2 saturated carbocycles. The molecule has 1 aromatic carbocycles. The molecule has 16 heavy (non-hydrogen) atoms. The first-order valence-electron chi connectivity index (χ1n) is 5.87. The molecule has 0 saturated heterocycles. The maximum Gasteiger partial charge on any atom is 0.0353 e. The molecule has 0 aromatic heterocycles. The summed E-state index contributed by atoms with van der Waals surface area (Å²) in [6.45, 7) is 3.99. The van der Waals surface area contributed by atoms with Crippen LogP contribution in [0.15, 0.2) is 36.5 Å². The highest BCUT2D eigenvalue weighted by Gasteiger charge is 2.62. The Morgan fingerprint density at radius 1 is 1.25 bits per heavy atom. The lowest BCUT2D eigenvalue weighted by Gasteiger charge is -2.49. The lowest BCUT2D eigenvalue weighted by atomic mass is 9.55. The minimum Gasteiger partial charge on any atom is -0.402 e. The fourth-order valence-electron chi connectivity index (χ4n) is 3.21. The van der Waals surface area contributed by atoms with E-state index in [-0.39, 0.29) is 5.41 Å². The lowest BCUT2D eigenvalue weighted by Crippen LogP contribution is -2.46. The zero-order valence-corrected chi connectivity index (χ0v) is 9.50. The Hall–Kier alpha value is -1.44. The van der Waals surface area contributed by atoms with Crippen LogP contribution in [-0.2, 0) is 5.41 Å². The second-order valence-electron chi connectivity index (χ2n) is 5.59. The third-order valence-electron chi connectivity index (χ3n) is 4.36. The van der Waals surface area contributed by atoms with E-state index in [4.69, 9.17) is 11.5 Å². The van der Waals surface area contributed by atoms with Gasteiger partial charge in [0.1, 0.15) is 0 Å². The van der Waals surface area contributed by atoms with Gasteiger partial charge in [0.15, 0.2) is 0 Å². The van der Waals surface area contributed by atoms with Gasteiger partial charge in [0.25, 0.3) is 0 Å². The molecule has 84 valence electrons. The van der Waals surface area contributed by atoms with Crippen LogP contribution in [0.3, 0.4) is 0 Å². The molecular weight excluding hydrogens is 196 g/mol. The summed E-state index contributed by atoms with van der Waals surface area (Å²) in [7, 11) is 0. The second kappa shape index (κ2) is 2.82. The Labute approximate surface area is 96.3 Å². The molecule has 2 nitrogen and oxygen atoms in total. The van der Waals surface area contributed by atoms with Crippen molar-refractivity contribution >= 4 is 5.69 Å². The quantitative estimate of drug-likeness (QED) is 0.743. The van der Waals surface area contributed by atoms with Crippen LogP contribution in [0.25, 0.3) is 0 Å². The molecule has 1 spiro atoms. The van der Waals surface area contributed by atoms with Crippen LogP contribution in [0.4, 0.5) is 5.69 Å². The Kier molecular flexibility index (Phi) is 1.72. The van der Waals surface area contributed by atoms with Crippen molar-refractivity contribution in [2.45, 2.75) is 31.1 Å². The van der Waals surface area contributed by atoms with E-state index in [9.17, 15) is 0 Å². The number of rotatable bonds is 2. The van der Waals surface area contributed by atoms with Gasteiger partial charge in [-0.05, 0) is 48.8 Å². The molecule has 0 amide bonds. The summed E-state index contributed by atoms with van der Waals surface area (Å²) in [6, 6.07) is 8.10. The van der Waals surface area contributed by atoms with Crippen molar-refractivity contribution in [3.8, 4) is 0 Å². The van der Waals surface area contributed by atoms with E-state index in [0.717, 1.165) is 11.4 Å². The van der Waals surface area contributed by atoms with Gasteiger partial charge in [-0.3, -0.25) is 0 Å². The minimum absolute atomic E-state index is 0.00583. The number of nitrogens with two attached hydrogens (primary N) is 2. The van der Waals surface area contributed by atoms with Gasteiger partial charge in [0.2, 0.25) is 0 Å². The van der Waals surface area contributed by atoms with Gasteiger partial charge in [0, 0.05) is 16.8 Å². The number of anilines is 1. The fourth-order valence-corrected chi connectivity index (χ4v) is 3.21. The van der Waals surface area contributed by atoms with Gasteiger partial charge in [-0.15, -0.1) is 0 Å². The minimum atomic E-state index is 0.00583. The van der Waals surface area contributed by atoms with Crippen LogP contribution in [0, 0.1) is 5.41 Å². The molecule has 0 unspecified atom stereocenters. The van der Waals surface area contributed by atoms with E-state index in [1.165, 1.54) is 31.2 Å². The van der Waals surface area contributed by atoms with Crippen LogP contribution in [0.2, 0.25) is 0 Å². The van der Waals surface area contributed by atoms with Crippen molar-refractivity contribution in [1.82, 2.24) is 0 Å². The van der Waals surface area contributed by atoms with Gasteiger partial charge < -0.3 is 11.5 Å².